The van der Waals surface area contributed by atoms with Crippen molar-refractivity contribution < 1.29 is 0 Å². The van der Waals surface area contributed by atoms with Gasteiger partial charge in [0, 0.05) is 40.9 Å². The lowest BCUT2D eigenvalue weighted by molar-refractivity contribution is 0.495. The highest BCUT2D eigenvalue weighted by Gasteiger charge is 2.17. The molecule has 126 valence electrons. The van der Waals surface area contributed by atoms with Gasteiger partial charge in [-0.3, -0.25) is 0 Å². The summed E-state index contributed by atoms with van der Waals surface area (Å²) in [6, 6.07) is 4.56. The Balaban J connectivity index is 0.000000924. The summed E-state index contributed by atoms with van der Waals surface area (Å²) in [5.74, 6) is 0.776. The van der Waals surface area contributed by atoms with E-state index in [1.54, 1.807) is 11.3 Å². The highest BCUT2D eigenvalue weighted by molar-refractivity contribution is 7.18. The van der Waals surface area contributed by atoms with E-state index in [1.807, 2.05) is 13.8 Å². The first kappa shape index (κ1) is 17.8. The van der Waals surface area contributed by atoms with E-state index >= 15 is 0 Å². The number of nitrogens with two attached hydrogens (primary N) is 2. The summed E-state index contributed by atoms with van der Waals surface area (Å²) >= 11 is 1.75. The van der Waals surface area contributed by atoms with Gasteiger partial charge < -0.3 is 16.8 Å². The van der Waals surface area contributed by atoms with Crippen molar-refractivity contribution in [3.05, 3.63) is 40.2 Å². The lowest BCUT2D eigenvalue weighted by atomic mass is 9.88. The average molecular weight is 333 g/mol. The zero-order chi connectivity index (χ0) is 16.8. The van der Waals surface area contributed by atoms with Gasteiger partial charge in [-0.25, -0.2) is 4.98 Å². The van der Waals surface area contributed by atoms with Gasteiger partial charge in [-0.05, 0) is 42.9 Å². The molecule has 1 atom stereocenters. The quantitative estimate of drug-likeness (QED) is 0.803. The fourth-order valence-electron chi connectivity index (χ4n) is 2.84. The largest absolute Gasteiger partial charge is 0.403 e. The van der Waals surface area contributed by atoms with Gasteiger partial charge in [0.2, 0.25) is 0 Å². The van der Waals surface area contributed by atoms with Crippen molar-refractivity contribution in [2.75, 3.05) is 6.54 Å². The number of nitrogens with one attached hydrogen (secondary N) is 1. The van der Waals surface area contributed by atoms with Crippen molar-refractivity contribution in [2.24, 2.45) is 17.4 Å². The van der Waals surface area contributed by atoms with Crippen LogP contribution in [0.25, 0.3) is 10.2 Å². The number of aromatic nitrogens is 1. The number of pyridine rings is 1. The third-order valence-corrected chi connectivity index (χ3v) is 5.13. The molecule has 1 unspecified atom stereocenters. The van der Waals surface area contributed by atoms with Crippen LogP contribution < -0.4 is 16.8 Å². The van der Waals surface area contributed by atoms with Gasteiger partial charge in [-0.15, -0.1) is 11.3 Å². The molecule has 0 radical (unpaired) electrons. The molecule has 0 aromatic carbocycles. The second-order valence-electron chi connectivity index (χ2n) is 5.80. The van der Waals surface area contributed by atoms with Crippen molar-refractivity contribution >= 4 is 21.6 Å². The molecular formula is C18H28N4S. The summed E-state index contributed by atoms with van der Waals surface area (Å²) in [5.41, 5.74) is 14.7. The first-order chi connectivity index (χ1) is 11.2. The highest BCUT2D eigenvalue weighted by Crippen LogP contribution is 2.31. The molecule has 2 aromatic heterocycles. The number of hydrogen-bond donors (Lipinski definition) is 3. The maximum Gasteiger partial charge on any atom is 0.123 e. The summed E-state index contributed by atoms with van der Waals surface area (Å²) in [7, 11) is 0. The predicted octanol–water partition coefficient (Wildman–Crippen LogP) is 3.30. The second kappa shape index (κ2) is 8.31. The third-order valence-electron chi connectivity index (χ3n) is 4.08. The SMILES string of the molecule is CC.CC1CCc2nc3sc(CN/C(=C\N)CN)cc3cc2C1. The number of thiophene rings is 1. The molecule has 0 spiro atoms. The van der Waals surface area contributed by atoms with Crippen molar-refractivity contribution in [3.63, 3.8) is 0 Å². The lowest BCUT2D eigenvalue weighted by Crippen LogP contribution is -2.20. The van der Waals surface area contributed by atoms with Crippen molar-refractivity contribution in [1.29, 1.82) is 0 Å². The Morgan fingerprint density at radius 1 is 1.43 bits per heavy atom. The van der Waals surface area contributed by atoms with Crippen molar-refractivity contribution in [1.82, 2.24) is 10.3 Å². The third kappa shape index (κ3) is 4.24. The van der Waals surface area contributed by atoms with Gasteiger partial charge >= 0.3 is 0 Å². The predicted molar refractivity (Wildman–Crippen MR) is 100 cm³/mol. The van der Waals surface area contributed by atoms with Gasteiger partial charge in [-0.2, -0.15) is 0 Å². The minimum Gasteiger partial charge on any atom is -0.403 e. The number of hydrogen-bond acceptors (Lipinski definition) is 5. The maximum absolute atomic E-state index is 5.60. The van der Waals surface area contributed by atoms with E-state index in [2.05, 4.69) is 24.4 Å². The van der Waals surface area contributed by atoms with E-state index in [0.717, 1.165) is 35.8 Å². The number of nitrogens with zero attached hydrogens (tertiary/aromatic N) is 1. The van der Waals surface area contributed by atoms with E-state index in [-0.39, 0.29) is 0 Å². The minimum absolute atomic E-state index is 0.436. The van der Waals surface area contributed by atoms with Gasteiger partial charge in [0.1, 0.15) is 4.83 Å². The molecule has 0 fully saturated rings. The van der Waals surface area contributed by atoms with Gasteiger partial charge in [0.05, 0.1) is 0 Å². The molecular weight excluding hydrogens is 304 g/mol. The topological polar surface area (TPSA) is 77.0 Å². The molecule has 2 heterocycles. The molecule has 1 aliphatic rings. The molecule has 0 saturated heterocycles. The Kier molecular flexibility index (Phi) is 6.42. The van der Waals surface area contributed by atoms with Crippen molar-refractivity contribution in [3.8, 4) is 0 Å². The monoisotopic (exact) mass is 332 g/mol. The lowest BCUT2D eigenvalue weighted by Gasteiger charge is -2.20. The number of aryl methyl sites for hydroxylation is 1. The first-order valence-electron chi connectivity index (χ1n) is 8.45. The maximum atomic E-state index is 5.60. The molecule has 0 amide bonds. The van der Waals surface area contributed by atoms with Crippen LogP contribution in [-0.4, -0.2) is 11.5 Å². The number of rotatable bonds is 4. The molecule has 0 bridgehead atoms. The fourth-order valence-corrected chi connectivity index (χ4v) is 3.81. The normalized spacial score (nSPS) is 17.4. The van der Waals surface area contributed by atoms with Crippen LogP contribution in [0.1, 0.15) is 43.3 Å². The van der Waals surface area contributed by atoms with Crippen LogP contribution >= 0.6 is 11.3 Å². The molecule has 4 nitrogen and oxygen atoms in total. The minimum atomic E-state index is 0.436. The fraction of sp³-hybridized carbons (Fsp3) is 0.500. The summed E-state index contributed by atoms with van der Waals surface area (Å²) < 4.78 is 0. The summed E-state index contributed by atoms with van der Waals surface area (Å²) in [5, 5.41) is 4.53. The van der Waals surface area contributed by atoms with Crippen LogP contribution in [-0.2, 0) is 19.4 Å². The molecule has 3 rings (SSSR count). The van der Waals surface area contributed by atoms with E-state index < -0.39 is 0 Å². The van der Waals surface area contributed by atoms with E-state index in [4.69, 9.17) is 16.5 Å². The Morgan fingerprint density at radius 3 is 2.91 bits per heavy atom. The Bertz CT molecular complexity index is 675. The molecule has 0 saturated carbocycles. The Hall–Kier alpha value is -1.59. The average Bonchev–Trinajstić information content (AvgIpc) is 2.97. The zero-order valence-corrected chi connectivity index (χ0v) is 15.2. The first-order valence-corrected chi connectivity index (χ1v) is 9.27. The standard InChI is InChI=1S/C16H22N4S.C2H6/c1-10-2-3-15-11(4-10)5-12-6-14(21-16(12)20-15)9-19-13(7-17)8-18;1-2/h5-7,10,19H,2-4,8-9,17-18H2,1H3;1-2H3/b13-7-;. The van der Waals surface area contributed by atoms with Gasteiger partial charge in [0.15, 0.2) is 0 Å². The smallest absolute Gasteiger partial charge is 0.123 e. The molecule has 1 aliphatic carbocycles. The zero-order valence-electron chi connectivity index (χ0n) is 14.4. The van der Waals surface area contributed by atoms with Crippen LogP contribution in [0.15, 0.2) is 24.0 Å². The molecule has 5 N–H and O–H groups in total. The van der Waals surface area contributed by atoms with Gasteiger partial charge in [-0.1, -0.05) is 20.8 Å². The molecule has 5 heteroatoms. The number of fused-ring (bicyclic) bond motifs is 2. The Morgan fingerprint density at radius 2 is 2.22 bits per heavy atom. The van der Waals surface area contributed by atoms with Crippen molar-refractivity contribution in [2.45, 2.75) is 46.6 Å². The van der Waals surface area contributed by atoms with E-state index in [1.165, 1.54) is 34.1 Å². The van der Waals surface area contributed by atoms with E-state index in [0.29, 0.717) is 6.54 Å². The van der Waals surface area contributed by atoms with Crippen LogP contribution in [0.2, 0.25) is 0 Å². The van der Waals surface area contributed by atoms with Crippen LogP contribution in [0, 0.1) is 5.92 Å². The molecule has 0 aliphatic heterocycles. The van der Waals surface area contributed by atoms with Crippen LogP contribution in [0.3, 0.4) is 0 Å². The summed E-state index contributed by atoms with van der Waals surface area (Å²) in [4.78, 5) is 7.27. The summed E-state index contributed by atoms with van der Waals surface area (Å²) in [6.07, 6.45) is 5.07. The highest BCUT2D eigenvalue weighted by atomic mass is 32.1. The van der Waals surface area contributed by atoms with Crippen LogP contribution in [0.4, 0.5) is 0 Å². The Labute approximate surface area is 143 Å². The van der Waals surface area contributed by atoms with Crippen LogP contribution in [0.5, 0.6) is 0 Å². The second-order valence-corrected chi connectivity index (χ2v) is 6.91. The molecule has 2 aromatic rings. The van der Waals surface area contributed by atoms with Gasteiger partial charge in [0.25, 0.3) is 0 Å². The molecule has 23 heavy (non-hydrogen) atoms. The summed E-state index contributed by atoms with van der Waals surface area (Å²) in [6.45, 7) is 7.51. The van der Waals surface area contributed by atoms with E-state index in [9.17, 15) is 0 Å².